The molecule has 146 valence electrons. The zero-order chi connectivity index (χ0) is 20.5. The van der Waals surface area contributed by atoms with Gasteiger partial charge >= 0.3 is 5.91 Å². The van der Waals surface area contributed by atoms with Crippen LogP contribution in [0.1, 0.15) is 17.2 Å². The van der Waals surface area contributed by atoms with E-state index in [-0.39, 0.29) is 22.0 Å². The molecular weight excluding hydrogens is 413 g/mol. The van der Waals surface area contributed by atoms with Crippen LogP contribution in [0.4, 0.5) is 9.52 Å². The summed E-state index contributed by atoms with van der Waals surface area (Å²) in [6.07, 6.45) is 1.81. The number of aliphatic hydroxyl groups excluding tert-OH is 1. The number of rotatable bonds is 4. The molecule has 1 aliphatic rings. The fourth-order valence-electron chi connectivity index (χ4n) is 3.15. The van der Waals surface area contributed by atoms with Crippen molar-refractivity contribution in [3.8, 4) is 0 Å². The number of halogens is 1. The molecule has 2 aromatic carbocycles. The highest BCUT2D eigenvalue weighted by molar-refractivity contribution is 8.00. The minimum atomic E-state index is -1.15. The van der Waals surface area contributed by atoms with Gasteiger partial charge in [0.15, 0.2) is 4.34 Å². The van der Waals surface area contributed by atoms with Crippen LogP contribution in [-0.2, 0) is 9.59 Å². The Labute approximate surface area is 173 Å². The molecule has 2 heterocycles. The number of ketones is 1. The van der Waals surface area contributed by atoms with Gasteiger partial charge in [0.1, 0.15) is 17.6 Å². The van der Waals surface area contributed by atoms with Gasteiger partial charge in [-0.3, -0.25) is 14.5 Å². The smallest absolute Gasteiger partial charge is 0.301 e. The Kier molecular flexibility index (Phi) is 5.16. The molecule has 1 aliphatic heterocycles. The van der Waals surface area contributed by atoms with E-state index in [9.17, 15) is 19.1 Å². The second-order valence-corrected chi connectivity index (χ2v) is 8.12. The number of benzene rings is 2. The molecule has 0 unspecified atom stereocenters. The van der Waals surface area contributed by atoms with E-state index in [1.54, 1.807) is 36.4 Å². The van der Waals surface area contributed by atoms with Gasteiger partial charge in [0, 0.05) is 11.1 Å². The molecule has 1 fully saturated rings. The summed E-state index contributed by atoms with van der Waals surface area (Å²) in [5, 5.41) is 19.0. The molecule has 0 saturated carbocycles. The van der Waals surface area contributed by atoms with Gasteiger partial charge in [-0.05, 0) is 12.3 Å². The van der Waals surface area contributed by atoms with Crippen LogP contribution in [0.25, 0.3) is 5.76 Å². The lowest BCUT2D eigenvalue weighted by molar-refractivity contribution is -0.132. The molecule has 29 heavy (non-hydrogen) atoms. The predicted octanol–water partition coefficient (Wildman–Crippen LogP) is 4.03. The van der Waals surface area contributed by atoms with Crippen LogP contribution in [0.5, 0.6) is 0 Å². The Bertz CT molecular complexity index is 1130. The van der Waals surface area contributed by atoms with Crippen molar-refractivity contribution in [3.63, 3.8) is 0 Å². The van der Waals surface area contributed by atoms with Gasteiger partial charge in [0.25, 0.3) is 5.78 Å². The van der Waals surface area contributed by atoms with E-state index in [4.69, 9.17) is 0 Å². The number of nitrogens with zero attached hydrogens (tertiary/aromatic N) is 3. The summed E-state index contributed by atoms with van der Waals surface area (Å²) in [4.78, 5) is 26.9. The number of carbonyl (C=O) groups is 2. The first-order valence-electron chi connectivity index (χ1n) is 8.51. The SMILES string of the molecule is CSc1nnc(N2C(=O)C(=O)C(=C(O)c3ccccc3)[C@@H]2c2ccccc2F)s1. The lowest BCUT2D eigenvalue weighted by Gasteiger charge is -2.22. The summed E-state index contributed by atoms with van der Waals surface area (Å²) in [7, 11) is 0. The van der Waals surface area contributed by atoms with Gasteiger partial charge in [0.05, 0.1) is 5.57 Å². The number of amides is 1. The molecule has 0 spiro atoms. The monoisotopic (exact) mass is 427 g/mol. The topological polar surface area (TPSA) is 83.4 Å². The van der Waals surface area contributed by atoms with Gasteiger partial charge in [-0.2, -0.15) is 0 Å². The van der Waals surface area contributed by atoms with Crippen molar-refractivity contribution >= 4 is 45.7 Å². The fourth-order valence-corrected chi connectivity index (χ4v) is 4.44. The lowest BCUT2D eigenvalue weighted by Crippen LogP contribution is -2.29. The third-order valence-electron chi connectivity index (χ3n) is 4.47. The van der Waals surface area contributed by atoms with E-state index < -0.39 is 23.5 Å². The normalized spacial score (nSPS) is 18.4. The number of aliphatic hydroxyl groups is 1. The van der Waals surface area contributed by atoms with Crippen LogP contribution in [0.15, 0.2) is 64.5 Å². The number of anilines is 1. The zero-order valence-electron chi connectivity index (χ0n) is 15.1. The molecule has 0 bridgehead atoms. The first-order valence-corrected chi connectivity index (χ1v) is 10.6. The quantitative estimate of drug-likeness (QED) is 0.223. The van der Waals surface area contributed by atoms with E-state index in [1.807, 2.05) is 6.26 Å². The maximum atomic E-state index is 14.7. The van der Waals surface area contributed by atoms with Gasteiger partial charge in [-0.25, -0.2) is 4.39 Å². The van der Waals surface area contributed by atoms with E-state index >= 15 is 0 Å². The van der Waals surface area contributed by atoms with Crippen LogP contribution >= 0.6 is 23.1 Å². The molecule has 4 rings (SSSR count). The van der Waals surface area contributed by atoms with Crippen molar-refractivity contribution < 1.29 is 19.1 Å². The zero-order valence-corrected chi connectivity index (χ0v) is 16.7. The summed E-state index contributed by atoms with van der Waals surface area (Å²) in [6, 6.07) is 13.0. The molecule has 1 N–H and O–H groups in total. The molecule has 1 amide bonds. The first kappa shape index (κ1) is 19.3. The van der Waals surface area contributed by atoms with E-state index in [0.717, 1.165) is 16.2 Å². The molecule has 1 atom stereocenters. The summed E-state index contributed by atoms with van der Waals surface area (Å²) < 4.78 is 15.3. The Morgan fingerprint density at radius 2 is 1.79 bits per heavy atom. The minimum Gasteiger partial charge on any atom is -0.507 e. The summed E-state index contributed by atoms with van der Waals surface area (Å²) in [6.45, 7) is 0. The van der Waals surface area contributed by atoms with Gasteiger partial charge in [-0.15, -0.1) is 10.2 Å². The highest BCUT2D eigenvalue weighted by Gasteiger charge is 2.49. The van der Waals surface area contributed by atoms with Gasteiger partial charge in [-0.1, -0.05) is 71.6 Å². The Morgan fingerprint density at radius 3 is 2.45 bits per heavy atom. The van der Waals surface area contributed by atoms with Crippen LogP contribution < -0.4 is 4.90 Å². The van der Waals surface area contributed by atoms with E-state index in [1.165, 1.54) is 30.0 Å². The number of thioether (sulfide) groups is 1. The average Bonchev–Trinajstić information content (AvgIpc) is 3.31. The molecule has 0 radical (unpaired) electrons. The molecule has 0 aliphatic carbocycles. The van der Waals surface area contributed by atoms with Gasteiger partial charge in [0.2, 0.25) is 5.13 Å². The summed E-state index contributed by atoms with van der Waals surface area (Å²) in [5.41, 5.74) is 0.256. The number of Topliss-reactive ketones (excluding diaryl/α,β-unsaturated/α-hetero) is 1. The molecule has 9 heteroatoms. The van der Waals surface area contributed by atoms with Crippen LogP contribution in [0.2, 0.25) is 0 Å². The Hall–Kier alpha value is -3.04. The highest BCUT2D eigenvalue weighted by atomic mass is 32.2. The fraction of sp³-hybridized carbons (Fsp3) is 0.100. The molecule has 1 saturated heterocycles. The van der Waals surface area contributed by atoms with E-state index in [0.29, 0.717) is 9.90 Å². The molecule has 6 nitrogen and oxygen atoms in total. The molecular formula is C20H14FN3O3S2. The van der Waals surface area contributed by atoms with Crippen molar-refractivity contribution in [1.29, 1.82) is 0 Å². The van der Waals surface area contributed by atoms with Crippen molar-refractivity contribution in [2.45, 2.75) is 10.4 Å². The van der Waals surface area contributed by atoms with Crippen LogP contribution in [0, 0.1) is 5.82 Å². The second kappa shape index (κ2) is 7.76. The minimum absolute atomic E-state index is 0.0880. The van der Waals surface area contributed by atoms with Crippen molar-refractivity contribution in [2.75, 3.05) is 11.2 Å². The standard InChI is InChI=1S/C20H14FN3O3S2/c1-28-20-23-22-19(29-20)24-15(12-9-5-6-10-13(12)21)14(17(26)18(24)27)16(25)11-7-3-2-4-8-11/h2-10,15,25H,1H3/t15-/m0/s1. The maximum Gasteiger partial charge on any atom is 0.301 e. The number of hydrogen-bond donors (Lipinski definition) is 1. The predicted molar refractivity (Wildman–Crippen MR) is 109 cm³/mol. The summed E-state index contributed by atoms with van der Waals surface area (Å²) >= 11 is 2.46. The Morgan fingerprint density at radius 1 is 1.10 bits per heavy atom. The number of aromatic nitrogens is 2. The third kappa shape index (κ3) is 3.32. The maximum absolute atomic E-state index is 14.7. The molecule has 3 aromatic rings. The average molecular weight is 427 g/mol. The Balaban J connectivity index is 1.96. The molecule has 1 aromatic heterocycles. The van der Waals surface area contributed by atoms with Crippen molar-refractivity contribution in [2.24, 2.45) is 0 Å². The lowest BCUT2D eigenvalue weighted by atomic mass is 9.95. The van der Waals surface area contributed by atoms with Crippen LogP contribution in [0.3, 0.4) is 0 Å². The van der Waals surface area contributed by atoms with Gasteiger partial charge < -0.3 is 5.11 Å². The van der Waals surface area contributed by atoms with Crippen molar-refractivity contribution in [1.82, 2.24) is 10.2 Å². The largest absolute Gasteiger partial charge is 0.507 e. The summed E-state index contributed by atoms with van der Waals surface area (Å²) in [5.74, 6) is -2.76. The second-order valence-electron chi connectivity index (χ2n) is 6.11. The van der Waals surface area contributed by atoms with E-state index in [2.05, 4.69) is 10.2 Å². The highest BCUT2D eigenvalue weighted by Crippen LogP contribution is 2.44. The number of hydrogen-bond acceptors (Lipinski definition) is 7. The first-order chi connectivity index (χ1) is 14.0. The van der Waals surface area contributed by atoms with Crippen molar-refractivity contribution in [3.05, 3.63) is 77.1 Å². The van der Waals surface area contributed by atoms with Crippen LogP contribution in [-0.4, -0.2) is 33.3 Å². The third-order valence-corrected chi connectivity index (χ3v) is 6.37. The number of carbonyl (C=O) groups excluding carboxylic acids is 2.